The molecule has 0 amide bonds. The molecule has 0 heterocycles. The van der Waals surface area contributed by atoms with Gasteiger partial charge in [0.15, 0.2) is 12.2 Å². The van der Waals surface area contributed by atoms with Gasteiger partial charge in [0.25, 0.3) is 0 Å². The minimum Gasteiger partial charge on any atom is -0.462 e. The second-order valence-corrected chi connectivity index (χ2v) is 33.3. The van der Waals surface area contributed by atoms with Crippen LogP contribution in [0.15, 0.2) is 0 Å². The van der Waals surface area contributed by atoms with Crippen molar-refractivity contribution in [1.82, 2.24) is 0 Å². The Kier molecular flexibility index (Phi) is 69.9. The van der Waals surface area contributed by atoms with E-state index in [-0.39, 0.29) is 25.7 Å². The van der Waals surface area contributed by atoms with Crippen molar-refractivity contribution < 1.29 is 80.2 Å². The number of esters is 4. The fraction of sp³-hybridized carbons (Fsp3) is 0.951. The van der Waals surface area contributed by atoms with Crippen LogP contribution in [-0.4, -0.2) is 96.7 Å². The number of carbonyl (C=O) groups excluding carboxylic acids is 4. The van der Waals surface area contributed by atoms with Gasteiger partial charge in [-0.15, -0.1) is 0 Å². The number of hydrogen-bond donors (Lipinski definition) is 3. The zero-order chi connectivity index (χ0) is 73.7. The van der Waals surface area contributed by atoms with E-state index in [4.69, 9.17) is 37.0 Å². The largest absolute Gasteiger partial charge is 0.472 e. The predicted octanol–water partition coefficient (Wildman–Crippen LogP) is 24.1. The Morgan fingerprint density at radius 3 is 0.760 bits per heavy atom. The van der Waals surface area contributed by atoms with E-state index in [9.17, 15) is 43.2 Å². The van der Waals surface area contributed by atoms with E-state index < -0.39 is 97.5 Å². The molecule has 0 aromatic carbocycles. The van der Waals surface area contributed by atoms with Gasteiger partial charge in [0.1, 0.15) is 19.3 Å². The molecule has 0 bridgehead atoms. The Bertz CT molecular complexity index is 1940. The van der Waals surface area contributed by atoms with Crippen molar-refractivity contribution in [2.24, 2.45) is 17.8 Å². The molecule has 0 aliphatic heterocycles. The fourth-order valence-corrected chi connectivity index (χ4v) is 14.0. The molecular formula is C81H158O17P2. The van der Waals surface area contributed by atoms with Crippen LogP contribution in [0.1, 0.15) is 421 Å². The normalized spacial score (nSPS) is 14.2. The Morgan fingerprint density at radius 2 is 0.510 bits per heavy atom. The third-order valence-electron chi connectivity index (χ3n) is 19.2. The third kappa shape index (κ3) is 73.0. The molecule has 3 unspecified atom stereocenters. The molecule has 100 heavy (non-hydrogen) atoms. The minimum atomic E-state index is -4.96. The number of unbranched alkanes of at least 4 members (excludes halogenated alkanes) is 46. The summed E-state index contributed by atoms with van der Waals surface area (Å²) in [5.74, 6) is 0.308. The van der Waals surface area contributed by atoms with E-state index in [1.807, 2.05) is 0 Å². The molecule has 19 heteroatoms. The Labute approximate surface area is 613 Å². The van der Waals surface area contributed by atoms with E-state index in [0.29, 0.717) is 25.7 Å². The first-order chi connectivity index (χ1) is 48.3. The maximum atomic E-state index is 13.1. The first kappa shape index (κ1) is 98.1. The van der Waals surface area contributed by atoms with Crippen LogP contribution in [0.4, 0.5) is 0 Å². The number of ether oxygens (including phenoxy) is 4. The van der Waals surface area contributed by atoms with Crippen LogP contribution in [0.25, 0.3) is 0 Å². The Morgan fingerprint density at radius 1 is 0.290 bits per heavy atom. The molecule has 0 radical (unpaired) electrons. The summed E-state index contributed by atoms with van der Waals surface area (Å²) in [4.78, 5) is 72.9. The quantitative estimate of drug-likeness (QED) is 0.0222. The van der Waals surface area contributed by atoms with Gasteiger partial charge in [0.05, 0.1) is 26.4 Å². The van der Waals surface area contributed by atoms with Crippen LogP contribution in [0, 0.1) is 17.8 Å². The van der Waals surface area contributed by atoms with Crippen molar-refractivity contribution in [3.05, 3.63) is 0 Å². The average Bonchev–Trinajstić information content (AvgIpc) is 0.931. The van der Waals surface area contributed by atoms with Crippen molar-refractivity contribution in [1.29, 1.82) is 0 Å². The topological polar surface area (TPSA) is 237 Å². The maximum absolute atomic E-state index is 13.1. The number of aliphatic hydroxyl groups excluding tert-OH is 1. The van der Waals surface area contributed by atoms with E-state index in [1.165, 1.54) is 225 Å². The van der Waals surface area contributed by atoms with Crippen molar-refractivity contribution in [2.75, 3.05) is 39.6 Å². The van der Waals surface area contributed by atoms with E-state index in [0.717, 1.165) is 114 Å². The second kappa shape index (κ2) is 71.3. The second-order valence-electron chi connectivity index (χ2n) is 30.4. The number of hydrogen-bond acceptors (Lipinski definition) is 15. The van der Waals surface area contributed by atoms with E-state index >= 15 is 0 Å². The highest BCUT2D eigenvalue weighted by molar-refractivity contribution is 7.47. The molecule has 0 aliphatic carbocycles. The molecule has 594 valence electrons. The van der Waals surface area contributed by atoms with Gasteiger partial charge < -0.3 is 33.8 Å². The van der Waals surface area contributed by atoms with Gasteiger partial charge in [-0.1, -0.05) is 370 Å². The lowest BCUT2D eigenvalue weighted by atomic mass is 9.99. The van der Waals surface area contributed by atoms with Crippen LogP contribution < -0.4 is 0 Å². The van der Waals surface area contributed by atoms with Crippen molar-refractivity contribution in [3.63, 3.8) is 0 Å². The smallest absolute Gasteiger partial charge is 0.462 e. The lowest BCUT2D eigenvalue weighted by Crippen LogP contribution is -2.30. The fourth-order valence-electron chi connectivity index (χ4n) is 12.5. The van der Waals surface area contributed by atoms with Crippen LogP contribution in [0.5, 0.6) is 0 Å². The lowest BCUT2D eigenvalue weighted by Gasteiger charge is -2.21. The van der Waals surface area contributed by atoms with Crippen molar-refractivity contribution >= 4 is 39.5 Å². The summed E-state index contributed by atoms with van der Waals surface area (Å²) < 4.78 is 68.6. The Hall–Kier alpha value is -1.94. The van der Waals surface area contributed by atoms with E-state index in [1.54, 1.807) is 0 Å². The maximum Gasteiger partial charge on any atom is 0.472 e. The highest BCUT2D eigenvalue weighted by Crippen LogP contribution is 2.45. The molecule has 0 fully saturated rings. The van der Waals surface area contributed by atoms with E-state index in [2.05, 4.69) is 48.5 Å². The zero-order valence-electron chi connectivity index (χ0n) is 65.7. The summed E-state index contributed by atoms with van der Waals surface area (Å²) in [6, 6.07) is 0. The molecule has 0 aliphatic rings. The summed E-state index contributed by atoms with van der Waals surface area (Å²) in [6.45, 7) is 12.0. The number of rotatable bonds is 79. The predicted molar refractivity (Wildman–Crippen MR) is 409 cm³/mol. The number of aliphatic hydroxyl groups is 1. The molecule has 0 spiro atoms. The van der Waals surface area contributed by atoms with Crippen molar-refractivity contribution in [3.8, 4) is 0 Å². The molecule has 3 N–H and O–H groups in total. The molecule has 6 atom stereocenters. The highest BCUT2D eigenvalue weighted by Gasteiger charge is 2.30. The Balaban J connectivity index is 5.19. The summed E-state index contributed by atoms with van der Waals surface area (Å²) in [5, 5.41) is 10.6. The van der Waals surface area contributed by atoms with Crippen molar-refractivity contribution in [2.45, 2.75) is 439 Å². The van der Waals surface area contributed by atoms with Gasteiger partial charge in [0.2, 0.25) is 0 Å². The summed E-state index contributed by atoms with van der Waals surface area (Å²) in [5.41, 5.74) is 0. The van der Waals surface area contributed by atoms with Crippen LogP contribution in [0.3, 0.4) is 0 Å². The number of carbonyl (C=O) groups is 4. The molecule has 17 nitrogen and oxygen atoms in total. The molecule has 0 rings (SSSR count). The molecule has 0 saturated carbocycles. The van der Waals surface area contributed by atoms with Gasteiger partial charge >= 0.3 is 39.5 Å². The monoisotopic (exact) mass is 1470 g/mol. The molecule has 0 aromatic heterocycles. The van der Waals surface area contributed by atoms with Gasteiger partial charge in [-0.25, -0.2) is 9.13 Å². The van der Waals surface area contributed by atoms with Crippen LogP contribution >= 0.6 is 15.6 Å². The minimum absolute atomic E-state index is 0.106. The number of phosphoric ester groups is 2. The van der Waals surface area contributed by atoms with Gasteiger partial charge in [-0.05, 0) is 43.4 Å². The van der Waals surface area contributed by atoms with Gasteiger partial charge in [-0.2, -0.15) is 0 Å². The lowest BCUT2D eigenvalue weighted by molar-refractivity contribution is -0.161. The standard InChI is InChI=1S/C81H158O17P2/c1-8-10-11-12-13-41-48-55-62-78(83)91-68-76(97-81(86)65-58-51-44-37-31-30-33-39-46-53-60-73(5)6)70-95-99(87,88)93-66-75(82)67-94-100(89,90)96-71-77(69-92-79(84)63-56-49-42-35-28-24-21-20-22-26-32-38-45-52-59-72(3)4)98-80(85)64-57-50-43-36-29-25-19-17-15-14-16-18-23-27-34-40-47-54-61-74(7)9-2/h72-77,82H,8-71H2,1-7H3,(H,87,88)(H,89,90)/t74?,75-,76+,77+/m0/s1. The first-order valence-corrected chi connectivity index (χ1v) is 44.9. The number of phosphoric acid groups is 2. The summed E-state index contributed by atoms with van der Waals surface area (Å²) in [7, 11) is -9.92. The van der Waals surface area contributed by atoms with Crippen LogP contribution in [-0.2, 0) is 65.4 Å². The third-order valence-corrected chi connectivity index (χ3v) is 21.1. The summed E-state index contributed by atoms with van der Waals surface area (Å²) in [6.07, 6.45) is 59.8. The van der Waals surface area contributed by atoms with Gasteiger partial charge in [-0.3, -0.25) is 37.3 Å². The molecule has 0 aromatic rings. The highest BCUT2D eigenvalue weighted by atomic mass is 31.2. The zero-order valence-corrected chi connectivity index (χ0v) is 67.5. The summed E-state index contributed by atoms with van der Waals surface area (Å²) >= 11 is 0. The molecule has 0 saturated heterocycles. The SMILES string of the molecule is CCCCCCCCCCC(=O)OC[C@H](COP(=O)(O)OC[C@H](O)COP(=O)(O)OC[C@@H](COC(=O)CCCCCCCCCCCCCCCCC(C)C)OC(=O)CCCCCCCCCCCCCCCCCCCCC(C)CC)OC(=O)CCCCCCCCCCCCC(C)C. The molecular weight excluding hydrogens is 1310 g/mol. The average molecular weight is 1470 g/mol. The van der Waals surface area contributed by atoms with Gasteiger partial charge in [0, 0.05) is 25.7 Å². The first-order valence-electron chi connectivity index (χ1n) is 41.9. The van der Waals surface area contributed by atoms with Crippen LogP contribution in [0.2, 0.25) is 0 Å².